The Bertz CT molecular complexity index is 355. The lowest BCUT2D eigenvalue weighted by Gasteiger charge is -2.38. The maximum absolute atomic E-state index is 12.2. The first-order valence-electron chi connectivity index (χ1n) is 6.51. The SMILES string of the molecule is CC(=O)N(CC(=O)N1CCN(C=O)CC1)C(C)(C)C. The highest BCUT2D eigenvalue weighted by atomic mass is 16.2. The smallest absolute Gasteiger partial charge is 0.242 e. The second kappa shape index (κ2) is 6.04. The maximum Gasteiger partial charge on any atom is 0.242 e. The quantitative estimate of drug-likeness (QED) is 0.674. The molecule has 0 radical (unpaired) electrons. The summed E-state index contributed by atoms with van der Waals surface area (Å²) in [5, 5.41) is 0. The third-order valence-electron chi connectivity index (χ3n) is 3.30. The number of amides is 3. The zero-order valence-electron chi connectivity index (χ0n) is 12.2. The van der Waals surface area contributed by atoms with Crippen molar-refractivity contribution in [3.8, 4) is 0 Å². The molecule has 0 spiro atoms. The maximum atomic E-state index is 12.2. The lowest BCUT2D eigenvalue weighted by molar-refractivity contribution is -0.144. The van der Waals surface area contributed by atoms with E-state index in [1.807, 2.05) is 20.8 Å². The Kier molecular flexibility index (Phi) is 4.91. The summed E-state index contributed by atoms with van der Waals surface area (Å²) in [7, 11) is 0. The van der Waals surface area contributed by atoms with Crippen molar-refractivity contribution in [2.45, 2.75) is 33.2 Å². The monoisotopic (exact) mass is 269 g/mol. The number of nitrogens with zero attached hydrogens (tertiary/aromatic N) is 3. The van der Waals surface area contributed by atoms with E-state index in [4.69, 9.17) is 0 Å². The van der Waals surface area contributed by atoms with Crippen molar-refractivity contribution in [1.82, 2.24) is 14.7 Å². The number of rotatable bonds is 3. The molecule has 0 aliphatic carbocycles. The van der Waals surface area contributed by atoms with Crippen molar-refractivity contribution in [3.63, 3.8) is 0 Å². The van der Waals surface area contributed by atoms with Gasteiger partial charge < -0.3 is 14.7 Å². The Morgan fingerprint density at radius 2 is 1.68 bits per heavy atom. The zero-order valence-corrected chi connectivity index (χ0v) is 12.2. The average Bonchev–Trinajstić information content (AvgIpc) is 2.34. The Morgan fingerprint density at radius 3 is 2.05 bits per heavy atom. The van der Waals surface area contributed by atoms with Crippen LogP contribution >= 0.6 is 0 Å². The highest BCUT2D eigenvalue weighted by Gasteiger charge is 2.28. The van der Waals surface area contributed by atoms with E-state index in [0.29, 0.717) is 26.2 Å². The van der Waals surface area contributed by atoms with Crippen LogP contribution in [0, 0.1) is 0 Å². The van der Waals surface area contributed by atoms with E-state index in [9.17, 15) is 14.4 Å². The number of hydrogen-bond acceptors (Lipinski definition) is 3. The first kappa shape index (κ1) is 15.5. The molecule has 1 aliphatic heterocycles. The van der Waals surface area contributed by atoms with Crippen LogP contribution in [-0.4, -0.2) is 71.2 Å². The summed E-state index contributed by atoms with van der Waals surface area (Å²) in [6.07, 6.45) is 0.804. The van der Waals surface area contributed by atoms with Crippen LogP contribution < -0.4 is 0 Å². The van der Waals surface area contributed by atoms with Gasteiger partial charge in [-0.3, -0.25) is 14.4 Å². The van der Waals surface area contributed by atoms with Gasteiger partial charge in [0.25, 0.3) is 0 Å². The number of piperazine rings is 1. The van der Waals surface area contributed by atoms with Gasteiger partial charge in [0, 0.05) is 38.6 Å². The van der Waals surface area contributed by atoms with Crippen molar-refractivity contribution in [2.75, 3.05) is 32.7 Å². The summed E-state index contributed by atoms with van der Waals surface area (Å²) in [6.45, 7) is 9.49. The van der Waals surface area contributed by atoms with Gasteiger partial charge in [0.05, 0.1) is 0 Å². The summed E-state index contributed by atoms with van der Waals surface area (Å²) in [6, 6.07) is 0. The number of carbonyl (C=O) groups excluding carboxylic acids is 3. The molecule has 0 aromatic heterocycles. The predicted octanol–water partition coefficient (Wildman–Crippen LogP) is -0.0660. The molecule has 19 heavy (non-hydrogen) atoms. The van der Waals surface area contributed by atoms with Gasteiger partial charge in [-0.25, -0.2) is 0 Å². The van der Waals surface area contributed by atoms with Crippen molar-refractivity contribution < 1.29 is 14.4 Å². The lowest BCUT2D eigenvalue weighted by atomic mass is 10.1. The highest BCUT2D eigenvalue weighted by molar-refractivity contribution is 5.84. The molecule has 3 amide bonds. The molecule has 0 atom stereocenters. The molecule has 1 heterocycles. The summed E-state index contributed by atoms with van der Waals surface area (Å²) in [5.41, 5.74) is -0.369. The van der Waals surface area contributed by atoms with Crippen LogP contribution in [0.3, 0.4) is 0 Å². The molecular weight excluding hydrogens is 246 g/mol. The third kappa shape index (κ3) is 4.22. The van der Waals surface area contributed by atoms with E-state index in [0.717, 1.165) is 6.41 Å². The molecule has 0 unspecified atom stereocenters. The van der Waals surface area contributed by atoms with Gasteiger partial charge in [-0.2, -0.15) is 0 Å². The lowest BCUT2D eigenvalue weighted by Crippen LogP contribution is -2.54. The van der Waals surface area contributed by atoms with Gasteiger partial charge in [0.1, 0.15) is 6.54 Å². The summed E-state index contributed by atoms with van der Waals surface area (Å²) >= 11 is 0. The molecule has 108 valence electrons. The van der Waals surface area contributed by atoms with Gasteiger partial charge in [0.15, 0.2) is 0 Å². The Morgan fingerprint density at radius 1 is 1.16 bits per heavy atom. The molecule has 1 rings (SSSR count). The van der Waals surface area contributed by atoms with E-state index in [1.54, 1.807) is 14.7 Å². The van der Waals surface area contributed by atoms with Gasteiger partial charge in [-0.05, 0) is 20.8 Å². The Labute approximate surface area is 114 Å². The third-order valence-corrected chi connectivity index (χ3v) is 3.30. The van der Waals surface area contributed by atoms with Gasteiger partial charge in [-0.1, -0.05) is 0 Å². The van der Waals surface area contributed by atoms with E-state index in [2.05, 4.69) is 0 Å². The van der Waals surface area contributed by atoms with Crippen LogP contribution in [0.2, 0.25) is 0 Å². The molecule has 6 heteroatoms. The highest BCUT2D eigenvalue weighted by Crippen LogP contribution is 2.14. The molecule has 0 aromatic carbocycles. The Hall–Kier alpha value is -1.59. The van der Waals surface area contributed by atoms with Crippen molar-refractivity contribution in [3.05, 3.63) is 0 Å². The fourth-order valence-electron chi connectivity index (χ4n) is 2.13. The van der Waals surface area contributed by atoms with Gasteiger partial charge >= 0.3 is 0 Å². The van der Waals surface area contributed by atoms with Crippen LogP contribution in [0.4, 0.5) is 0 Å². The molecule has 1 aliphatic rings. The molecule has 0 N–H and O–H groups in total. The first-order chi connectivity index (χ1) is 8.75. The predicted molar refractivity (Wildman–Crippen MR) is 71.4 cm³/mol. The zero-order chi connectivity index (χ0) is 14.6. The van der Waals surface area contributed by atoms with E-state index >= 15 is 0 Å². The van der Waals surface area contributed by atoms with E-state index in [-0.39, 0.29) is 23.9 Å². The molecule has 0 aromatic rings. The largest absolute Gasteiger partial charge is 0.342 e. The average molecular weight is 269 g/mol. The van der Waals surface area contributed by atoms with Gasteiger partial charge in [-0.15, -0.1) is 0 Å². The van der Waals surface area contributed by atoms with Crippen molar-refractivity contribution >= 4 is 18.2 Å². The van der Waals surface area contributed by atoms with Crippen molar-refractivity contribution in [1.29, 1.82) is 0 Å². The minimum absolute atomic E-state index is 0.0596. The summed E-state index contributed by atoms with van der Waals surface area (Å²) in [5.74, 6) is -0.164. The molecule has 1 saturated heterocycles. The summed E-state index contributed by atoms with van der Waals surface area (Å²) < 4.78 is 0. The first-order valence-corrected chi connectivity index (χ1v) is 6.51. The van der Waals surface area contributed by atoms with E-state index < -0.39 is 0 Å². The van der Waals surface area contributed by atoms with Gasteiger partial charge in [0.2, 0.25) is 18.2 Å². The van der Waals surface area contributed by atoms with Crippen LogP contribution in [0.15, 0.2) is 0 Å². The number of hydrogen-bond donors (Lipinski definition) is 0. The van der Waals surface area contributed by atoms with Crippen molar-refractivity contribution in [2.24, 2.45) is 0 Å². The minimum atomic E-state index is -0.369. The van der Waals surface area contributed by atoms with Crippen LogP contribution in [0.1, 0.15) is 27.7 Å². The van der Waals surface area contributed by atoms with Crippen LogP contribution in [0.5, 0.6) is 0 Å². The fourth-order valence-corrected chi connectivity index (χ4v) is 2.13. The summed E-state index contributed by atoms with van der Waals surface area (Å²) in [4.78, 5) is 39.3. The standard InChI is InChI=1S/C13H23N3O3/c1-11(18)16(13(2,3)4)9-12(19)15-7-5-14(10-17)6-8-15/h10H,5-9H2,1-4H3. The molecule has 0 bridgehead atoms. The molecule has 6 nitrogen and oxygen atoms in total. The van der Waals surface area contributed by atoms with Crippen LogP contribution in [0.25, 0.3) is 0 Å². The number of carbonyl (C=O) groups is 3. The second-order valence-electron chi connectivity index (χ2n) is 5.80. The molecule has 1 fully saturated rings. The molecular formula is C13H23N3O3. The second-order valence-corrected chi connectivity index (χ2v) is 5.80. The Balaban J connectivity index is 2.59. The minimum Gasteiger partial charge on any atom is -0.342 e. The van der Waals surface area contributed by atoms with E-state index in [1.165, 1.54) is 6.92 Å². The molecule has 0 saturated carbocycles. The normalized spacial score (nSPS) is 16.2. The van der Waals surface area contributed by atoms with Crippen LogP contribution in [-0.2, 0) is 14.4 Å². The fraction of sp³-hybridized carbons (Fsp3) is 0.769. The topological polar surface area (TPSA) is 60.9 Å².